The Hall–Kier alpha value is -2.68. The Morgan fingerprint density at radius 2 is 1.83 bits per heavy atom. The summed E-state index contributed by atoms with van der Waals surface area (Å²) < 4.78 is 21.1. The summed E-state index contributed by atoms with van der Waals surface area (Å²) in [7, 11) is 0. The van der Waals surface area contributed by atoms with Gasteiger partial charge in [-0.25, -0.2) is 4.39 Å². The van der Waals surface area contributed by atoms with E-state index in [1.54, 1.807) is 23.5 Å². The molecule has 154 valence electrons. The summed E-state index contributed by atoms with van der Waals surface area (Å²) in [6.45, 7) is -0.00450. The summed E-state index contributed by atoms with van der Waals surface area (Å²) in [5.74, 6) is 0.869. The lowest BCUT2D eigenvalue weighted by molar-refractivity contribution is 0.123. The first-order chi connectivity index (χ1) is 14.7. The minimum absolute atomic E-state index is 0.00450. The van der Waals surface area contributed by atoms with E-state index in [2.05, 4.69) is 16.3 Å². The molecule has 4 rings (SSSR count). The van der Waals surface area contributed by atoms with Gasteiger partial charge in [-0.3, -0.25) is 4.57 Å². The number of aromatic nitrogens is 3. The maximum atomic E-state index is 13.7. The van der Waals surface area contributed by atoms with Crippen molar-refractivity contribution in [1.29, 1.82) is 0 Å². The molecule has 0 fully saturated rings. The standard InChI is InChI=1S/C22H20FN3O2S2/c23-19-10-4-5-11-20(19)28-14-17(27)15-30-22-25-24-21(13-18-9-6-12-29-18)26(22)16-7-2-1-3-8-16/h1-12,17,27H,13-15H2. The molecule has 0 saturated carbocycles. The lowest BCUT2D eigenvalue weighted by Crippen LogP contribution is -2.20. The van der Waals surface area contributed by atoms with E-state index in [4.69, 9.17) is 4.74 Å². The Kier molecular flexibility index (Phi) is 6.78. The van der Waals surface area contributed by atoms with Crippen LogP contribution in [0.5, 0.6) is 5.75 Å². The molecule has 2 aromatic carbocycles. The third kappa shape index (κ3) is 5.08. The van der Waals surface area contributed by atoms with E-state index in [0.717, 1.165) is 11.5 Å². The molecule has 0 saturated heterocycles. The molecule has 30 heavy (non-hydrogen) atoms. The van der Waals surface area contributed by atoms with Crippen LogP contribution in [0.15, 0.2) is 77.3 Å². The maximum Gasteiger partial charge on any atom is 0.195 e. The molecule has 4 aromatic rings. The van der Waals surface area contributed by atoms with Crippen LogP contribution in [0, 0.1) is 5.82 Å². The van der Waals surface area contributed by atoms with Gasteiger partial charge in [-0.15, -0.1) is 21.5 Å². The van der Waals surface area contributed by atoms with Gasteiger partial charge in [0.2, 0.25) is 0 Å². The summed E-state index contributed by atoms with van der Waals surface area (Å²) in [6, 6.07) is 20.2. The smallest absolute Gasteiger partial charge is 0.195 e. The summed E-state index contributed by atoms with van der Waals surface area (Å²) >= 11 is 3.07. The van der Waals surface area contributed by atoms with Crippen molar-refractivity contribution in [3.63, 3.8) is 0 Å². The van der Waals surface area contributed by atoms with Crippen LogP contribution in [0.4, 0.5) is 4.39 Å². The van der Waals surface area contributed by atoms with Gasteiger partial charge in [-0.1, -0.05) is 48.2 Å². The average molecular weight is 442 g/mol. The van der Waals surface area contributed by atoms with Crippen molar-refractivity contribution in [1.82, 2.24) is 14.8 Å². The van der Waals surface area contributed by atoms with Crippen LogP contribution in [-0.4, -0.2) is 38.3 Å². The van der Waals surface area contributed by atoms with Crippen LogP contribution in [0.25, 0.3) is 5.69 Å². The number of nitrogens with zero attached hydrogens (tertiary/aromatic N) is 3. The number of halogens is 1. The molecule has 0 bridgehead atoms. The number of thioether (sulfide) groups is 1. The summed E-state index contributed by atoms with van der Waals surface area (Å²) in [4.78, 5) is 1.20. The Morgan fingerprint density at radius 3 is 2.60 bits per heavy atom. The van der Waals surface area contributed by atoms with Gasteiger partial charge in [0.25, 0.3) is 0 Å². The number of hydrogen-bond donors (Lipinski definition) is 1. The third-order valence-corrected chi connectivity index (χ3v) is 6.25. The molecule has 2 heterocycles. The van der Waals surface area contributed by atoms with E-state index >= 15 is 0 Å². The van der Waals surface area contributed by atoms with E-state index in [-0.39, 0.29) is 12.4 Å². The quantitative estimate of drug-likeness (QED) is 0.385. The SMILES string of the molecule is OC(COc1ccccc1F)CSc1nnc(Cc2cccs2)n1-c1ccccc1. The lowest BCUT2D eigenvalue weighted by Gasteiger charge is -2.13. The van der Waals surface area contributed by atoms with Crippen molar-refractivity contribution in [2.24, 2.45) is 0 Å². The zero-order chi connectivity index (χ0) is 20.8. The second-order valence-electron chi connectivity index (χ2n) is 6.53. The fraction of sp³-hybridized carbons (Fsp3) is 0.182. The van der Waals surface area contributed by atoms with E-state index in [0.29, 0.717) is 17.3 Å². The number of aliphatic hydroxyl groups is 1. The number of ether oxygens (including phenoxy) is 1. The van der Waals surface area contributed by atoms with E-state index in [1.165, 1.54) is 28.8 Å². The molecule has 0 spiro atoms. The first-order valence-electron chi connectivity index (χ1n) is 9.41. The molecule has 0 aliphatic carbocycles. The zero-order valence-electron chi connectivity index (χ0n) is 16.0. The highest BCUT2D eigenvalue weighted by Crippen LogP contribution is 2.25. The molecule has 1 unspecified atom stereocenters. The summed E-state index contributed by atoms with van der Waals surface area (Å²) in [5, 5.41) is 21.8. The predicted octanol–water partition coefficient (Wildman–Crippen LogP) is 4.59. The van der Waals surface area contributed by atoms with Crippen LogP contribution in [0.3, 0.4) is 0 Å². The molecule has 0 aliphatic heterocycles. The van der Waals surface area contributed by atoms with Gasteiger partial charge >= 0.3 is 0 Å². The van der Waals surface area contributed by atoms with Gasteiger partial charge in [-0.2, -0.15) is 0 Å². The molecular formula is C22H20FN3O2S2. The summed E-state index contributed by atoms with van der Waals surface area (Å²) in [6.07, 6.45) is -0.102. The van der Waals surface area contributed by atoms with Crippen LogP contribution >= 0.6 is 23.1 Å². The molecule has 8 heteroatoms. The highest BCUT2D eigenvalue weighted by molar-refractivity contribution is 7.99. The molecule has 1 atom stereocenters. The van der Waals surface area contributed by atoms with Crippen molar-refractivity contribution in [3.05, 3.63) is 88.6 Å². The number of rotatable bonds is 9. The van der Waals surface area contributed by atoms with E-state index in [1.807, 2.05) is 46.3 Å². The molecule has 0 aliphatic rings. The van der Waals surface area contributed by atoms with Gasteiger partial charge < -0.3 is 9.84 Å². The minimum atomic E-state index is -0.781. The normalized spacial score (nSPS) is 12.1. The lowest BCUT2D eigenvalue weighted by atomic mass is 10.3. The number of aliphatic hydroxyl groups excluding tert-OH is 1. The average Bonchev–Trinajstić information content (AvgIpc) is 3.42. The Morgan fingerprint density at radius 1 is 1.03 bits per heavy atom. The molecule has 5 nitrogen and oxygen atoms in total. The van der Waals surface area contributed by atoms with Gasteiger partial charge in [0, 0.05) is 22.7 Å². The van der Waals surface area contributed by atoms with E-state index in [9.17, 15) is 9.50 Å². The van der Waals surface area contributed by atoms with Crippen LogP contribution in [0.1, 0.15) is 10.7 Å². The second kappa shape index (κ2) is 9.88. The molecule has 0 amide bonds. The fourth-order valence-electron chi connectivity index (χ4n) is 2.88. The van der Waals surface area contributed by atoms with Crippen molar-refractivity contribution in [3.8, 4) is 11.4 Å². The Bertz CT molecular complexity index is 1070. The first-order valence-corrected chi connectivity index (χ1v) is 11.3. The first kappa shape index (κ1) is 20.6. The predicted molar refractivity (Wildman–Crippen MR) is 117 cm³/mol. The number of benzene rings is 2. The van der Waals surface area contributed by atoms with Crippen molar-refractivity contribution >= 4 is 23.1 Å². The Balaban J connectivity index is 1.45. The summed E-state index contributed by atoms with van der Waals surface area (Å²) in [5.41, 5.74) is 0.966. The number of hydrogen-bond acceptors (Lipinski definition) is 6. The fourth-order valence-corrected chi connectivity index (χ4v) is 4.46. The minimum Gasteiger partial charge on any atom is -0.488 e. The monoisotopic (exact) mass is 441 g/mol. The van der Waals surface area contributed by atoms with Gasteiger partial charge in [-0.05, 0) is 35.7 Å². The van der Waals surface area contributed by atoms with Gasteiger partial charge in [0.05, 0.1) is 6.10 Å². The van der Waals surface area contributed by atoms with Crippen molar-refractivity contribution in [2.75, 3.05) is 12.4 Å². The van der Waals surface area contributed by atoms with E-state index < -0.39 is 11.9 Å². The highest BCUT2D eigenvalue weighted by Gasteiger charge is 2.17. The van der Waals surface area contributed by atoms with Crippen molar-refractivity contribution in [2.45, 2.75) is 17.7 Å². The van der Waals surface area contributed by atoms with Gasteiger partial charge in [0.1, 0.15) is 12.4 Å². The second-order valence-corrected chi connectivity index (χ2v) is 8.55. The molecular weight excluding hydrogens is 421 g/mol. The van der Waals surface area contributed by atoms with Crippen LogP contribution < -0.4 is 4.74 Å². The molecule has 0 radical (unpaired) electrons. The topological polar surface area (TPSA) is 60.2 Å². The van der Waals surface area contributed by atoms with Crippen LogP contribution in [0.2, 0.25) is 0 Å². The molecule has 1 N–H and O–H groups in total. The van der Waals surface area contributed by atoms with Gasteiger partial charge in [0.15, 0.2) is 16.7 Å². The zero-order valence-corrected chi connectivity index (χ0v) is 17.7. The molecule has 2 aromatic heterocycles. The largest absolute Gasteiger partial charge is 0.488 e. The van der Waals surface area contributed by atoms with Crippen LogP contribution in [-0.2, 0) is 6.42 Å². The third-order valence-electron chi connectivity index (χ3n) is 4.30. The highest BCUT2D eigenvalue weighted by atomic mass is 32.2. The maximum absolute atomic E-state index is 13.7. The number of para-hydroxylation sites is 2. The van der Waals surface area contributed by atoms with Crippen molar-refractivity contribution < 1.29 is 14.2 Å². The Labute approximate surface area is 182 Å². The number of thiophene rings is 1.